The standard InChI is InChI=1S/C17H20NO/c1-19-16-10-8-14(9-11-16)13-18-12-4-6-15-5-2-3-7-17(15)18/h4,6,8-12H,2-3,5,7,13H2,1H3/q+1. The molecule has 0 bridgehead atoms. The Labute approximate surface area is 114 Å². The van der Waals surface area contributed by atoms with Crippen molar-refractivity contribution in [1.82, 2.24) is 0 Å². The van der Waals surface area contributed by atoms with Crippen molar-refractivity contribution in [3.63, 3.8) is 0 Å². The van der Waals surface area contributed by atoms with Crippen molar-refractivity contribution in [1.29, 1.82) is 0 Å². The van der Waals surface area contributed by atoms with E-state index in [-0.39, 0.29) is 0 Å². The SMILES string of the molecule is COc1ccc(C[n+]2cccc3c2CCCC3)cc1. The van der Waals surface area contributed by atoms with Gasteiger partial charge in [0, 0.05) is 23.6 Å². The second-order valence-corrected chi connectivity index (χ2v) is 5.16. The lowest BCUT2D eigenvalue weighted by Gasteiger charge is -2.13. The van der Waals surface area contributed by atoms with E-state index >= 15 is 0 Å². The molecule has 1 aliphatic carbocycles. The van der Waals surface area contributed by atoms with E-state index in [2.05, 4.69) is 35.0 Å². The Hall–Kier alpha value is -1.83. The predicted molar refractivity (Wildman–Crippen MR) is 75.4 cm³/mol. The van der Waals surface area contributed by atoms with E-state index in [0.29, 0.717) is 0 Å². The summed E-state index contributed by atoms with van der Waals surface area (Å²) in [6, 6.07) is 12.8. The fourth-order valence-electron chi connectivity index (χ4n) is 2.85. The number of aryl methyl sites for hydroxylation is 1. The van der Waals surface area contributed by atoms with Gasteiger partial charge in [-0.2, -0.15) is 4.57 Å². The van der Waals surface area contributed by atoms with Gasteiger partial charge < -0.3 is 4.74 Å². The molecule has 1 aliphatic rings. The minimum absolute atomic E-state index is 0.920. The quantitative estimate of drug-likeness (QED) is 0.768. The molecule has 2 nitrogen and oxygen atoms in total. The summed E-state index contributed by atoms with van der Waals surface area (Å²) in [4.78, 5) is 0. The van der Waals surface area contributed by atoms with Crippen LogP contribution in [0.15, 0.2) is 42.6 Å². The first-order chi connectivity index (χ1) is 9.36. The molecule has 0 fully saturated rings. The fourth-order valence-corrected chi connectivity index (χ4v) is 2.85. The molecule has 0 saturated carbocycles. The lowest BCUT2D eigenvalue weighted by Crippen LogP contribution is -2.40. The van der Waals surface area contributed by atoms with Crippen LogP contribution in [0.2, 0.25) is 0 Å². The molecule has 0 aliphatic heterocycles. The van der Waals surface area contributed by atoms with E-state index in [9.17, 15) is 0 Å². The Morgan fingerprint density at radius 1 is 1.05 bits per heavy atom. The van der Waals surface area contributed by atoms with Crippen molar-refractivity contribution in [3.05, 3.63) is 59.4 Å². The Morgan fingerprint density at radius 3 is 2.63 bits per heavy atom. The second-order valence-electron chi connectivity index (χ2n) is 5.16. The van der Waals surface area contributed by atoms with Crippen molar-refractivity contribution in [3.8, 4) is 5.75 Å². The second kappa shape index (κ2) is 5.43. The highest BCUT2D eigenvalue weighted by atomic mass is 16.5. The lowest BCUT2D eigenvalue weighted by atomic mass is 9.95. The number of hydrogen-bond acceptors (Lipinski definition) is 1. The molecule has 0 radical (unpaired) electrons. The van der Waals surface area contributed by atoms with Gasteiger partial charge in [0.15, 0.2) is 18.4 Å². The zero-order valence-electron chi connectivity index (χ0n) is 11.4. The Morgan fingerprint density at radius 2 is 1.84 bits per heavy atom. The molecule has 1 aromatic heterocycles. The van der Waals surface area contributed by atoms with Gasteiger partial charge in [-0.25, -0.2) is 0 Å². The normalized spacial score (nSPS) is 13.9. The van der Waals surface area contributed by atoms with Gasteiger partial charge in [-0.15, -0.1) is 0 Å². The first-order valence-electron chi connectivity index (χ1n) is 7.00. The number of benzene rings is 1. The van der Waals surface area contributed by atoms with Gasteiger partial charge in [0.25, 0.3) is 0 Å². The molecule has 0 atom stereocenters. The van der Waals surface area contributed by atoms with Crippen LogP contribution in [-0.2, 0) is 19.4 Å². The van der Waals surface area contributed by atoms with Crippen molar-refractivity contribution in [2.45, 2.75) is 32.2 Å². The number of hydrogen-bond donors (Lipinski definition) is 0. The number of aromatic nitrogens is 1. The van der Waals surface area contributed by atoms with Gasteiger partial charge in [0.2, 0.25) is 0 Å². The predicted octanol–water partition coefficient (Wildman–Crippen LogP) is 2.91. The van der Waals surface area contributed by atoms with Crippen LogP contribution in [0.4, 0.5) is 0 Å². The molecule has 19 heavy (non-hydrogen) atoms. The topological polar surface area (TPSA) is 13.1 Å². The molecular formula is C17H20NO+. The number of rotatable bonds is 3. The van der Waals surface area contributed by atoms with Crippen LogP contribution in [0.25, 0.3) is 0 Å². The molecule has 0 N–H and O–H groups in total. The molecular weight excluding hydrogens is 234 g/mol. The third-order valence-electron chi connectivity index (χ3n) is 3.90. The first kappa shape index (κ1) is 12.2. The molecule has 1 aromatic carbocycles. The summed E-state index contributed by atoms with van der Waals surface area (Å²) in [5.74, 6) is 0.920. The van der Waals surface area contributed by atoms with E-state index in [1.54, 1.807) is 7.11 Å². The first-order valence-corrected chi connectivity index (χ1v) is 7.00. The highest BCUT2D eigenvalue weighted by Crippen LogP contribution is 2.18. The van der Waals surface area contributed by atoms with E-state index in [4.69, 9.17) is 4.74 Å². The maximum atomic E-state index is 5.20. The van der Waals surface area contributed by atoms with Crippen LogP contribution in [-0.4, -0.2) is 7.11 Å². The maximum Gasteiger partial charge on any atom is 0.184 e. The molecule has 2 aromatic rings. The van der Waals surface area contributed by atoms with Gasteiger partial charge in [-0.3, -0.25) is 0 Å². The van der Waals surface area contributed by atoms with E-state index < -0.39 is 0 Å². The van der Waals surface area contributed by atoms with E-state index in [1.807, 2.05) is 12.1 Å². The minimum atomic E-state index is 0.920. The van der Waals surface area contributed by atoms with Crippen molar-refractivity contribution >= 4 is 0 Å². The number of pyridine rings is 1. The van der Waals surface area contributed by atoms with Gasteiger partial charge in [-0.1, -0.05) is 0 Å². The summed E-state index contributed by atoms with van der Waals surface area (Å²) >= 11 is 0. The molecule has 0 amide bonds. The van der Waals surface area contributed by atoms with Crippen LogP contribution in [0.5, 0.6) is 5.75 Å². The smallest absolute Gasteiger partial charge is 0.184 e. The molecule has 3 rings (SSSR count). The third-order valence-corrected chi connectivity index (χ3v) is 3.90. The summed E-state index contributed by atoms with van der Waals surface area (Å²) in [6.45, 7) is 0.952. The molecule has 0 saturated heterocycles. The minimum Gasteiger partial charge on any atom is -0.497 e. The monoisotopic (exact) mass is 254 g/mol. The van der Waals surface area contributed by atoms with Crippen molar-refractivity contribution in [2.24, 2.45) is 0 Å². The zero-order valence-corrected chi connectivity index (χ0v) is 11.4. The molecule has 98 valence electrons. The summed E-state index contributed by atoms with van der Waals surface area (Å²) in [5.41, 5.74) is 4.37. The highest BCUT2D eigenvalue weighted by Gasteiger charge is 2.19. The van der Waals surface area contributed by atoms with Crippen molar-refractivity contribution < 1.29 is 9.30 Å². The Bertz CT molecular complexity index is 560. The summed E-state index contributed by atoms with van der Waals surface area (Å²) in [6.07, 6.45) is 7.30. The Kier molecular flexibility index (Phi) is 3.49. The summed E-state index contributed by atoms with van der Waals surface area (Å²) < 4.78 is 7.60. The highest BCUT2D eigenvalue weighted by molar-refractivity contribution is 5.27. The zero-order chi connectivity index (χ0) is 13.1. The summed E-state index contributed by atoms with van der Waals surface area (Å²) in [5, 5.41) is 0. The fraction of sp³-hybridized carbons (Fsp3) is 0.353. The third kappa shape index (κ3) is 2.62. The molecule has 1 heterocycles. The Balaban J connectivity index is 1.86. The van der Waals surface area contributed by atoms with Crippen LogP contribution < -0.4 is 9.30 Å². The largest absolute Gasteiger partial charge is 0.497 e. The molecule has 0 unspecified atom stereocenters. The van der Waals surface area contributed by atoms with Crippen molar-refractivity contribution in [2.75, 3.05) is 7.11 Å². The number of ether oxygens (including phenoxy) is 1. The number of nitrogens with zero attached hydrogens (tertiary/aromatic N) is 1. The van der Waals surface area contributed by atoms with Crippen LogP contribution in [0.1, 0.15) is 29.7 Å². The summed E-state index contributed by atoms with van der Waals surface area (Å²) in [7, 11) is 1.71. The lowest BCUT2D eigenvalue weighted by molar-refractivity contribution is -0.696. The van der Waals surface area contributed by atoms with Crippen LogP contribution in [0, 0.1) is 0 Å². The average molecular weight is 254 g/mol. The maximum absolute atomic E-state index is 5.20. The van der Waals surface area contributed by atoms with Gasteiger partial charge in [0.1, 0.15) is 5.75 Å². The molecule has 2 heteroatoms. The average Bonchev–Trinajstić information content (AvgIpc) is 2.48. The van der Waals surface area contributed by atoms with E-state index in [1.165, 1.54) is 42.5 Å². The van der Waals surface area contributed by atoms with Crippen LogP contribution >= 0.6 is 0 Å². The number of methoxy groups -OCH3 is 1. The number of fused-ring (bicyclic) bond motifs is 1. The van der Waals surface area contributed by atoms with Gasteiger partial charge in [-0.05, 0) is 49.6 Å². The van der Waals surface area contributed by atoms with Gasteiger partial charge in [0.05, 0.1) is 7.11 Å². The molecule has 0 spiro atoms. The van der Waals surface area contributed by atoms with Gasteiger partial charge >= 0.3 is 0 Å². The van der Waals surface area contributed by atoms with Crippen LogP contribution in [0.3, 0.4) is 0 Å². The van der Waals surface area contributed by atoms with E-state index in [0.717, 1.165) is 12.3 Å².